The summed E-state index contributed by atoms with van der Waals surface area (Å²) in [6.45, 7) is 8.44. The molecule has 5 aromatic rings. The van der Waals surface area contributed by atoms with Crippen LogP contribution in [0, 0.1) is 13.8 Å². The van der Waals surface area contributed by atoms with Gasteiger partial charge in [0.2, 0.25) is 11.1 Å². The van der Waals surface area contributed by atoms with Gasteiger partial charge in [-0.15, -0.1) is 5.10 Å². The standard InChI is InChI=1S/C37H34BrCl2N5O3S/c1-5-47-31-18-26(17-27(38)34(31)48-19-24-12-6-8-14-28(24)39)33-32(35(46)42-30-16-10-11-21(2)22(30)3)23(4)41-36-43-37(44-45(33)36)49-20-25-13-7-9-15-29(25)40/h6-18,33H,5,19-20H2,1-4H3,(H,42,46)(H,41,43,44). The molecule has 49 heavy (non-hydrogen) atoms. The van der Waals surface area contributed by atoms with Gasteiger partial charge in [-0.1, -0.05) is 83.5 Å². The third-order valence-electron chi connectivity index (χ3n) is 8.22. The second-order valence-corrected chi connectivity index (χ2v) is 14.1. The van der Waals surface area contributed by atoms with Crippen molar-refractivity contribution in [2.24, 2.45) is 0 Å². The van der Waals surface area contributed by atoms with Crippen LogP contribution in [-0.2, 0) is 17.2 Å². The summed E-state index contributed by atoms with van der Waals surface area (Å²) in [4.78, 5) is 19.1. The van der Waals surface area contributed by atoms with Gasteiger partial charge in [-0.2, -0.15) is 4.98 Å². The Morgan fingerprint density at radius 3 is 2.41 bits per heavy atom. The van der Waals surface area contributed by atoms with Crippen molar-refractivity contribution in [3.63, 3.8) is 0 Å². The minimum atomic E-state index is -0.656. The molecule has 0 fully saturated rings. The van der Waals surface area contributed by atoms with Gasteiger partial charge >= 0.3 is 0 Å². The van der Waals surface area contributed by atoms with E-state index in [0.29, 0.717) is 60.8 Å². The first-order valence-corrected chi connectivity index (χ1v) is 18.2. The van der Waals surface area contributed by atoms with Crippen LogP contribution in [0.3, 0.4) is 0 Å². The third-order valence-corrected chi connectivity index (χ3v) is 10.4. The van der Waals surface area contributed by atoms with Gasteiger partial charge in [-0.05, 0) is 96.2 Å². The van der Waals surface area contributed by atoms with Crippen LogP contribution in [0.15, 0.2) is 99.8 Å². The molecule has 0 bridgehead atoms. The molecule has 1 aliphatic heterocycles. The number of halogens is 3. The van der Waals surface area contributed by atoms with E-state index in [-0.39, 0.29) is 12.5 Å². The number of thioether (sulfide) groups is 1. The van der Waals surface area contributed by atoms with Crippen LogP contribution in [0.4, 0.5) is 11.6 Å². The Labute approximate surface area is 308 Å². The molecule has 1 amide bonds. The minimum Gasteiger partial charge on any atom is -0.490 e. The summed E-state index contributed by atoms with van der Waals surface area (Å²) in [5, 5.41) is 13.2. The Hall–Kier alpha value is -3.96. The van der Waals surface area contributed by atoms with E-state index in [1.807, 2.05) is 107 Å². The number of amides is 1. The molecule has 8 nitrogen and oxygen atoms in total. The smallest absolute Gasteiger partial charge is 0.255 e. The van der Waals surface area contributed by atoms with Crippen LogP contribution < -0.4 is 20.1 Å². The predicted octanol–water partition coefficient (Wildman–Crippen LogP) is 10.2. The number of fused-ring (bicyclic) bond motifs is 1. The first kappa shape index (κ1) is 34.9. The van der Waals surface area contributed by atoms with Gasteiger partial charge in [0.25, 0.3) is 5.91 Å². The van der Waals surface area contributed by atoms with Crippen molar-refractivity contribution in [3.05, 3.63) is 132 Å². The molecule has 1 unspecified atom stereocenters. The molecule has 6 rings (SSSR count). The highest BCUT2D eigenvalue weighted by Gasteiger charge is 2.36. The van der Waals surface area contributed by atoms with E-state index in [1.165, 1.54) is 11.8 Å². The summed E-state index contributed by atoms with van der Waals surface area (Å²) in [6, 6.07) is 24.3. The van der Waals surface area contributed by atoms with Gasteiger partial charge < -0.3 is 20.1 Å². The number of carbonyl (C=O) groups excluding carboxylic acids is 1. The van der Waals surface area contributed by atoms with Gasteiger partial charge in [0.1, 0.15) is 12.6 Å². The Kier molecular flexibility index (Phi) is 10.9. The van der Waals surface area contributed by atoms with E-state index < -0.39 is 6.04 Å². The topological polar surface area (TPSA) is 90.3 Å². The molecule has 252 valence electrons. The Bertz CT molecular complexity index is 2070. The summed E-state index contributed by atoms with van der Waals surface area (Å²) < 4.78 is 14.8. The van der Waals surface area contributed by atoms with Crippen molar-refractivity contribution in [2.45, 2.75) is 51.3 Å². The average molecular weight is 780 g/mol. The van der Waals surface area contributed by atoms with Gasteiger partial charge in [0.15, 0.2) is 11.5 Å². The van der Waals surface area contributed by atoms with Crippen molar-refractivity contribution in [1.82, 2.24) is 14.8 Å². The van der Waals surface area contributed by atoms with E-state index in [9.17, 15) is 4.79 Å². The Balaban J connectivity index is 1.41. The lowest BCUT2D eigenvalue weighted by Crippen LogP contribution is -2.31. The van der Waals surface area contributed by atoms with Gasteiger partial charge in [-0.3, -0.25) is 4.79 Å². The number of allylic oxidation sites excluding steroid dienone is 1. The third kappa shape index (κ3) is 7.62. The Morgan fingerprint density at radius 1 is 0.980 bits per heavy atom. The summed E-state index contributed by atoms with van der Waals surface area (Å²) >= 11 is 18.1. The van der Waals surface area contributed by atoms with E-state index in [1.54, 1.807) is 4.68 Å². The number of aromatic nitrogens is 3. The fraction of sp³-hybridized carbons (Fsp3) is 0.216. The first-order chi connectivity index (χ1) is 23.6. The lowest BCUT2D eigenvalue weighted by molar-refractivity contribution is -0.113. The van der Waals surface area contributed by atoms with E-state index in [0.717, 1.165) is 33.5 Å². The summed E-state index contributed by atoms with van der Waals surface area (Å²) in [5.74, 6) is 1.87. The number of benzene rings is 4. The number of nitrogens with zero attached hydrogens (tertiary/aromatic N) is 3. The van der Waals surface area contributed by atoms with Crippen molar-refractivity contribution < 1.29 is 14.3 Å². The normalized spacial score (nSPS) is 13.9. The van der Waals surface area contributed by atoms with E-state index in [4.69, 9.17) is 42.8 Å². The molecule has 1 aromatic heterocycles. The maximum Gasteiger partial charge on any atom is 0.255 e. The number of nitrogens with one attached hydrogen (secondary N) is 2. The molecule has 0 radical (unpaired) electrons. The van der Waals surface area contributed by atoms with E-state index in [2.05, 4.69) is 26.6 Å². The molecule has 12 heteroatoms. The molecule has 0 saturated heterocycles. The quantitative estimate of drug-likeness (QED) is 0.129. The SMILES string of the molecule is CCOc1cc(C2C(C(=O)Nc3cccc(C)c3C)=C(C)Nc3nc(SCc4ccccc4Cl)nn32)cc(Br)c1OCc1ccccc1Cl. The molecular formula is C37H34BrCl2N5O3S. The minimum absolute atomic E-state index is 0.243. The zero-order valence-electron chi connectivity index (χ0n) is 27.3. The van der Waals surface area contributed by atoms with Crippen LogP contribution in [0.25, 0.3) is 0 Å². The highest BCUT2D eigenvalue weighted by Crippen LogP contribution is 2.44. The average Bonchev–Trinajstić information content (AvgIpc) is 3.48. The monoisotopic (exact) mass is 777 g/mol. The summed E-state index contributed by atoms with van der Waals surface area (Å²) in [6.07, 6.45) is 0. The van der Waals surface area contributed by atoms with Crippen LogP contribution in [-0.4, -0.2) is 27.3 Å². The molecule has 0 saturated carbocycles. The molecule has 0 spiro atoms. The molecule has 1 aliphatic rings. The number of aryl methyl sites for hydroxylation is 1. The number of rotatable bonds is 11. The summed E-state index contributed by atoms with van der Waals surface area (Å²) in [7, 11) is 0. The largest absolute Gasteiger partial charge is 0.490 e. The summed E-state index contributed by atoms with van der Waals surface area (Å²) in [5.41, 5.74) is 6.54. The second kappa shape index (κ2) is 15.3. The van der Waals surface area contributed by atoms with Gasteiger partial charge in [0.05, 0.1) is 16.7 Å². The fourth-order valence-electron chi connectivity index (χ4n) is 5.54. The lowest BCUT2D eigenvalue weighted by atomic mass is 9.94. The molecule has 2 heterocycles. The van der Waals surface area contributed by atoms with Crippen molar-refractivity contribution in [3.8, 4) is 11.5 Å². The van der Waals surface area contributed by atoms with Crippen molar-refractivity contribution in [2.75, 3.05) is 17.2 Å². The maximum absolute atomic E-state index is 14.3. The fourth-order valence-corrected chi connectivity index (χ4v) is 7.42. The zero-order valence-corrected chi connectivity index (χ0v) is 31.2. The number of anilines is 2. The molecular weight excluding hydrogens is 745 g/mol. The highest BCUT2D eigenvalue weighted by atomic mass is 79.9. The van der Waals surface area contributed by atoms with Crippen molar-refractivity contribution in [1.29, 1.82) is 0 Å². The predicted molar refractivity (Wildman–Crippen MR) is 201 cm³/mol. The highest BCUT2D eigenvalue weighted by molar-refractivity contribution is 9.10. The molecule has 2 N–H and O–H groups in total. The molecule has 1 atom stereocenters. The van der Waals surface area contributed by atoms with Gasteiger partial charge in [0, 0.05) is 32.7 Å². The second-order valence-electron chi connectivity index (χ2n) is 11.5. The van der Waals surface area contributed by atoms with Gasteiger partial charge in [-0.25, -0.2) is 4.68 Å². The number of carbonyl (C=O) groups is 1. The van der Waals surface area contributed by atoms with Crippen LogP contribution in [0.2, 0.25) is 10.0 Å². The van der Waals surface area contributed by atoms with Crippen molar-refractivity contribution >= 4 is 68.4 Å². The first-order valence-electron chi connectivity index (χ1n) is 15.6. The lowest BCUT2D eigenvalue weighted by Gasteiger charge is -2.29. The number of hydrogen-bond acceptors (Lipinski definition) is 7. The zero-order chi connectivity index (χ0) is 34.7. The number of ether oxygens (including phenoxy) is 2. The number of hydrogen-bond donors (Lipinski definition) is 2. The maximum atomic E-state index is 14.3. The molecule has 4 aromatic carbocycles. The van der Waals surface area contributed by atoms with Crippen LogP contribution in [0.1, 0.15) is 47.7 Å². The molecule has 0 aliphatic carbocycles. The van der Waals surface area contributed by atoms with E-state index >= 15 is 0 Å². The Morgan fingerprint density at radius 2 is 1.69 bits per heavy atom. The van der Waals surface area contributed by atoms with Crippen LogP contribution in [0.5, 0.6) is 11.5 Å². The van der Waals surface area contributed by atoms with Crippen LogP contribution >= 0.6 is 50.9 Å².